The maximum Gasteiger partial charge on any atom is 0.254 e. The van der Waals surface area contributed by atoms with Crippen molar-refractivity contribution >= 4 is 16.8 Å². The fraction of sp³-hybridized carbons (Fsp3) is 0.333. The first kappa shape index (κ1) is 13.3. The Kier molecular flexibility index (Phi) is 3.69. The van der Waals surface area contributed by atoms with Crippen LogP contribution < -0.4 is 5.56 Å². The molecule has 1 amide bonds. The van der Waals surface area contributed by atoms with Gasteiger partial charge in [0.15, 0.2) is 0 Å². The largest absolute Gasteiger partial charge is 0.339 e. The maximum absolute atomic E-state index is 12.5. The van der Waals surface area contributed by atoms with Gasteiger partial charge < -0.3 is 9.88 Å². The van der Waals surface area contributed by atoms with Crippen LogP contribution in [0, 0.1) is 6.92 Å². The Morgan fingerprint density at radius 1 is 1.26 bits per heavy atom. The predicted octanol–water partition coefficient (Wildman–Crippen LogP) is 2.32. The number of hydrogen-bond acceptors (Lipinski definition) is 2. The molecule has 0 aliphatic carbocycles. The lowest BCUT2D eigenvalue weighted by atomic mass is 10.0. The van der Waals surface area contributed by atoms with E-state index in [0.717, 1.165) is 16.5 Å². The Bertz CT molecular complexity index is 669. The first-order valence-corrected chi connectivity index (χ1v) is 6.50. The number of carbonyl (C=O) groups excluding carboxylic acids is 1. The molecule has 1 heterocycles. The molecule has 4 nitrogen and oxygen atoms in total. The summed E-state index contributed by atoms with van der Waals surface area (Å²) in [7, 11) is 0. The molecule has 0 fully saturated rings. The standard InChI is InChI=1S/C15H18N2O2/c1-4-17(5-2)15(19)12-9-13(18)16-14-10(3)7-6-8-11(12)14/h6-9H,4-5H2,1-3H3,(H,16,18). The van der Waals surface area contributed by atoms with Crippen LogP contribution in [0.4, 0.5) is 0 Å². The van der Waals surface area contributed by atoms with E-state index in [-0.39, 0.29) is 11.5 Å². The Balaban J connectivity index is 2.70. The van der Waals surface area contributed by atoms with Crippen LogP contribution in [-0.2, 0) is 0 Å². The van der Waals surface area contributed by atoms with Gasteiger partial charge in [-0.3, -0.25) is 9.59 Å². The molecule has 1 aromatic heterocycles. The third kappa shape index (κ3) is 2.38. The van der Waals surface area contributed by atoms with Crippen LogP contribution in [-0.4, -0.2) is 28.9 Å². The van der Waals surface area contributed by atoms with Gasteiger partial charge in [0.05, 0.1) is 11.1 Å². The molecule has 0 saturated carbocycles. The van der Waals surface area contributed by atoms with Crippen LogP contribution in [0.3, 0.4) is 0 Å². The van der Waals surface area contributed by atoms with Gasteiger partial charge in [-0.05, 0) is 26.3 Å². The van der Waals surface area contributed by atoms with Crippen LogP contribution in [0.2, 0.25) is 0 Å². The van der Waals surface area contributed by atoms with E-state index in [0.29, 0.717) is 18.7 Å². The minimum atomic E-state index is -0.239. The van der Waals surface area contributed by atoms with Crippen LogP contribution in [0.5, 0.6) is 0 Å². The average Bonchev–Trinajstić information content (AvgIpc) is 2.40. The van der Waals surface area contributed by atoms with E-state index in [9.17, 15) is 9.59 Å². The van der Waals surface area contributed by atoms with E-state index >= 15 is 0 Å². The number of fused-ring (bicyclic) bond motifs is 1. The molecule has 0 saturated heterocycles. The SMILES string of the molecule is CCN(CC)C(=O)c1cc(=O)[nH]c2c(C)cccc12. The van der Waals surface area contributed by atoms with Gasteiger partial charge >= 0.3 is 0 Å². The van der Waals surface area contributed by atoms with Gasteiger partial charge in [-0.2, -0.15) is 0 Å². The maximum atomic E-state index is 12.5. The molecule has 0 bridgehead atoms. The zero-order valence-corrected chi connectivity index (χ0v) is 11.5. The van der Waals surface area contributed by atoms with Crippen molar-refractivity contribution in [1.82, 2.24) is 9.88 Å². The van der Waals surface area contributed by atoms with E-state index in [4.69, 9.17) is 0 Å². The molecule has 100 valence electrons. The number of pyridine rings is 1. The van der Waals surface area contributed by atoms with E-state index < -0.39 is 0 Å². The lowest BCUT2D eigenvalue weighted by Gasteiger charge is -2.19. The summed E-state index contributed by atoms with van der Waals surface area (Å²) in [6.45, 7) is 7.05. The summed E-state index contributed by atoms with van der Waals surface area (Å²) in [6.07, 6.45) is 0. The summed E-state index contributed by atoms with van der Waals surface area (Å²) in [5, 5.41) is 0.802. The number of aromatic nitrogens is 1. The second-order valence-electron chi connectivity index (χ2n) is 4.52. The molecule has 1 N–H and O–H groups in total. The molecule has 0 aliphatic heterocycles. The second-order valence-corrected chi connectivity index (χ2v) is 4.52. The summed E-state index contributed by atoms with van der Waals surface area (Å²) < 4.78 is 0. The normalized spacial score (nSPS) is 10.7. The fourth-order valence-corrected chi connectivity index (χ4v) is 2.28. The monoisotopic (exact) mass is 258 g/mol. The first-order chi connectivity index (χ1) is 9.08. The highest BCUT2D eigenvalue weighted by atomic mass is 16.2. The van der Waals surface area contributed by atoms with Gasteiger partial charge in [0.1, 0.15) is 0 Å². The summed E-state index contributed by atoms with van der Waals surface area (Å²) >= 11 is 0. The number of aromatic amines is 1. The number of nitrogens with zero attached hydrogens (tertiary/aromatic N) is 1. The van der Waals surface area contributed by atoms with Crippen LogP contribution >= 0.6 is 0 Å². The van der Waals surface area contributed by atoms with Crippen molar-refractivity contribution in [3.8, 4) is 0 Å². The lowest BCUT2D eigenvalue weighted by molar-refractivity contribution is 0.0775. The number of rotatable bonds is 3. The fourth-order valence-electron chi connectivity index (χ4n) is 2.28. The van der Waals surface area contributed by atoms with E-state index in [2.05, 4.69) is 4.98 Å². The third-order valence-corrected chi connectivity index (χ3v) is 3.37. The number of H-pyrrole nitrogens is 1. The Hall–Kier alpha value is -2.10. The number of amides is 1. The van der Waals surface area contributed by atoms with Crippen LogP contribution in [0.1, 0.15) is 29.8 Å². The lowest BCUT2D eigenvalue weighted by Crippen LogP contribution is -2.31. The van der Waals surface area contributed by atoms with E-state index in [1.807, 2.05) is 39.0 Å². The van der Waals surface area contributed by atoms with Crippen molar-refractivity contribution in [3.05, 3.63) is 45.7 Å². The number of carbonyl (C=O) groups is 1. The predicted molar refractivity (Wildman–Crippen MR) is 76.6 cm³/mol. The Morgan fingerprint density at radius 3 is 2.58 bits per heavy atom. The zero-order valence-electron chi connectivity index (χ0n) is 11.5. The summed E-state index contributed by atoms with van der Waals surface area (Å²) in [5.74, 6) is -0.0910. The van der Waals surface area contributed by atoms with Crippen molar-refractivity contribution in [2.45, 2.75) is 20.8 Å². The molecule has 0 spiro atoms. The highest BCUT2D eigenvalue weighted by Crippen LogP contribution is 2.19. The summed E-state index contributed by atoms with van der Waals surface area (Å²) in [4.78, 5) is 28.7. The van der Waals surface area contributed by atoms with Crippen molar-refractivity contribution < 1.29 is 4.79 Å². The third-order valence-electron chi connectivity index (χ3n) is 3.37. The molecular formula is C15H18N2O2. The van der Waals surface area contributed by atoms with E-state index in [1.54, 1.807) is 4.90 Å². The molecule has 0 unspecified atom stereocenters. The van der Waals surface area contributed by atoms with E-state index in [1.165, 1.54) is 6.07 Å². The molecule has 2 aromatic rings. The number of aryl methyl sites for hydroxylation is 1. The van der Waals surface area contributed by atoms with Gasteiger partial charge in [-0.25, -0.2) is 0 Å². The zero-order chi connectivity index (χ0) is 14.0. The highest BCUT2D eigenvalue weighted by Gasteiger charge is 2.16. The molecule has 0 radical (unpaired) electrons. The average molecular weight is 258 g/mol. The molecule has 2 rings (SSSR count). The topological polar surface area (TPSA) is 53.2 Å². The van der Waals surface area contributed by atoms with Gasteiger partial charge in [0.25, 0.3) is 5.91 Å². The molecular weight excluding hydrogens is 240 g/mol. The van der Waals surface area contributed by atoms with Gasteiger partial charge in [-0.15, -0.1) is 0 Å². The van der Waals surface area contributed by atoms with Gasteiger partial charge in [0.2, 0.25) is 5.56 Å². The summed E-state index contributed by atoms with van der Waals surface area (Å²) in [6, 6.07) is 7.08. The molecule has 4 heteroatoms. The first-order valence-electron chi connectivity index (χ1n) is 6.50. The number of hydrogen-bond donors (Lipinski definition) is 1. The molecule has 0 atom stereocenters. The molecule has 19 heavy (non-hydrogen) atoms. The van der Waals surface area contributed by atoms with Crippen LogP contribution in [0.25, 0.3) is 10.9 Å². The number of benzene rings is 1. The van der Waals surface area contributed by atoms with Crippen molar-refractivity contribution in [2.24, 2.45) is 0 Å². The smallest absolute Gasteiger partial charge is 0.254 e. The van der Waals surface area contributed by atoms with Crippen molar-refractivity contribution in [1.29, 1.82) is 0 Å². The van der Waals surface area contributed by atoms with Crippen LogP contribution in [0.15, 0.2) is 29.1 Å². The number of para-hydroxylation sites is 1. The number of nitrogens with one attached hydrogen (secondary N) is 1. The molecule has 0 aliphatic rings. The van der Waals surface area contributed by atoms with Crippen molar-refractivity contribution in [3.63, 3.8) is 0 Å². The minimum absolute atomic E-state index is 0.0910. The second kappa shape index (κ2) is 5.26. The quantitative estimate of drug-likeness (QED) is 0.918. The van der Waals surface area contributed by atoms with Gasteiger partial charge in [-0.1, -0.05) is 18.2 Å². The van der Waals surface area contributed by atoms with Gasteiger partial charge in [0, 0.05) is 24.5 Å². The highest BCUT2D eigenvalue weighted by molar-refractivity contribution is 6.06. The van der Waals surface area contributed by atoms with Crippen molar-refractivity contribution in [2.75, 3.05) is 13.1 Å². The Labute approximate surface area is 112 Å². The Morgan fingerprint density at radius 2 is 1.95 bits per heavy atom. The summed E-state index contributed by atoms with van der Waals surface area (Å²) in [5.41, 5.74) is 1.94. The minimum Gasteiger partial charge on any atom is -0.339 e. The molecule has 1 aromatic carbocycles.